The minimum Gasteiger partial charge on any atom is -0.495 e. The number of nitrogens with one attached hydrogen (secondary N) is 2. The van der Waals surface area contributed by atoms with Gasteiger partial charge in [-0.25, -0.2) is 4.68 Å². The lowest BCUT2D eigenvalue weighted by Crippen LogP contribution is -2.41. The lowest BCUT2D eigenvalue weighted by molar-refractivity contribution is -0.137. The summed E-state index contributed by atoms with van der Waals surface area (Å²) in [7, 11) is 1.49. The van der Waals surface area contributed by atoms with Crippen molar-refractivity contribution in [2.75, 3.05) is 17.9 Å². The van der Waals surface area contributed by atoms with Crippen LogP contribution in [0.1, 0.15) is 23.0 Å². The van der Waals surface area contributed by atoms with Crippen LogP contribution in [-0.2, 0) is 11.0 Å². The molecule has 2 aromatic carbocycles. The Balaban J connectivity index is 1.66. The molecule has 0 radical (unpaired) electrons. The van der Waals surface area contributed by atoms with Gasteiger partial charge in [0.15, 0.2) is 0 Å². The van der Waals surface area contributed by atoms with Crippen molar-refractivity contribution in [3.63, 3.8) is 0 Å². The van der Waals surface area contributed by atoms with Crippen LogP contribution in [0.3, 0.4) is 0 Å². The summed E-state index contributed by atoms with van der Waals surface area (Å²) in [5.74, 6) is 0.574. The number of benzene rings is 2. The molecule has 1 amide bonds. The molecule has 2 heterocycles. The molecule has 4 rings (SSSR count). The molecule has 1 aliphatic heterocycles. The van der Waals surface area contributed by atoms with Gasteiger partial charge in [-0.1, -0.05) is 35.5 Å². The van der Waals surface area contributed by atoms with Gasteiger partial charge in [0.2, 0.25) is 11.1 Å². The molecular formula is C20H17ClF3N5O2S. The van der Waals surface area contributed by atoms with Crippen molar-refractivity contribution in [1.29, 1.82) is 0 Å². The Morgan fingerprint density at radius 2 is 2.03 bits per heavy atom. The largest absolute Gasteiger partial charge is 0.495 e. The quantitative estimate of drug-likeness (QED) is 0.561. The van der Waals surface area contributed by atoms with Crippen molar-refractivity contribution in [3.8, 4) is 5.75 Å². The molecule has 0 bridgehead atoms. The number of anilines is 1. The third-order valence-corrected chi connectivity index (χ3v) is 6.36. The zero-order valence-electron chi connectivity index (χ0n) is 16.8. The molecule has 0 saturated carbocycles. The highest BCUT2D eigenvalue weighted by Gasteiger charge is 2.38. The fourth-order valence-electron chi connectivity index (χ4n) is 3.27. The van der Waals surface area contributed by atoms with Crippen LogP contribution >= 0.6 is 23.4 Å². The molecular weight excluding hydrogens is 467 g/mol. The third kappa shape index (κ3) is 4.35. The molecule has 1 aliphatic rings. The Morgan fingerprint density at radius 1 is 1.25 bits per heavy atom. The molecule has 0 saturated heterocycles. The predicted molar refractivity (Wildman–Crippen MR) is 115 cm³/mol. The van der Waals surface area contributed by atoms with E-state index in [4.69, 9.17) is 16.3 Å². The molecule has 2 N–H and O–H groups in total. The van der Waals surface area contributed by atoms with Gasteiger partial charge in [-0.3, -0.25) is 4.79 Å². The smallest absolute Gasteiger partial charge is 0.416 e. The highest BCUT2D eigenvalue weighted by molar-refractivity contribution is 8.00. The van der Waals surface area contributed by atoms with Crippen molar-refractivity contribution < 1.29 is 22.7 Å². The van der Waals surface area contributed by atoms with E-state index in [0.29, 0.717) is 27.3 Å². The standard InChI is InChI=1S/C20H17ClF3N5O2S/c1-10-26-27-19-29(10)28-16(11-6-7-15(31-2)14(21)8-11)17(32-19)18(30)25-13-5-3-4-12(9-13)20(22,23)24/h3-9,16-17,28H,1-2H3,(H,25,30)/t16-,17+/m0/s1. The second-order valence-corrected chi connectivity index (χ2v) is 8.49. The Kier molecular flexibility index (Phi) is 5.95. The maximum Gasteiger partial charge on any atom is 0.416 e. The molecule has 168 valence electrons. The maximum absolute atomic E-state index is 13.2. The number of carbonyl (C=O) groups is 1. The van der Waals surface area contributed by atoms with Gasteiger partial charge in [0.1, 0.15) is 16.8 Å². The number of rotatable bonds is 4. The van der Waals surface area contributed by atoms with E-state index in [2.05, 4.69) is 20.9 Å². The van der Waals surface area contributed by atoms with Crippen LogP contribution in [0.5, 0.6) is 5.75 Å². The number of carbonyl (C=O) groups excluding carboxylic acids is 1. The topological polar surface area (TPSA) is 81.1 Å². The van der Waals surface area contributed by atoms with Gasteiger partial charge in [-0.2, -0.15) is 13.2 Å². The molecule has 0 unspecified atom stereocenters. The number of methoxy groups -OCH3 is 1. The van der Waals surface area contributed by atoms with Crippen molar-refractivity contribution >= 4 is 35.0 Å². The summed E-state index contributed by atoms with van der Waals surface area (Å²) in [5.41, 5.74) is 3.09. The second-order valence-electron chi connectivity index (χ2n) is 6.97. The van der Waals surface area contributed by atoms with Crippen molar-refractivity contribution in [2.45, 2.75) is 29.5 Å². The highest BCUT2D eigenvalue weighted by atomic mass is 35.5. The summed E-state index contributed by atoms with van der Waals surface area (Å²) >= 11 is 7.43. The average molecular weight is 484 g/mol. The zero-order chi connectivity index (χ0) is 23.0. The van der Waals surface area contributed by atoms with E-state index in [-0.39, 0.29) is 5.69 Å². The number of hydrogen-bond acceptors (Lipinski definition) is 6. The lowest BCUT2D eigenvalue weighted by atomic mass is 10.0. The van der Waals surface area contributed by atoms with Crippen LogP contribution in [0.4, 0.5) is 18.9 Å². The molecule has 2 atom stereocenters. The molecule has 12 heteroatoms. The van der Waals surface area contributed by atoms with E-state index < -0.39 is 28.9 Å². The first-order valence-electron chi connectivity index (χ1n) is 9.34. The fourth-order valence-corrected chi connectivity index (χ4v) is 4.66. The Labute approximate surface area is 190 Å². The van der Waals surface area contributed by atoms with Crippen LogP contribution in [0, 0.1) is 6.92 Å². The van der Waals surface area contributed by atoms with Crippen molar-refractivity contribution in [1.82, 2.24) is 14.9 Å². The normalized spacial score (nSPS) is 17.9. The third-order valence-electron chi connectivity index (χ3n) is 4.85. The van der Waals surface area contributed by atoms with Crippen LogP contribution < -0.4 is 15.5 Å². The molecule has 1 aromatic heterocycles. The summed E-state index contributed by atoms with van der Waals surface area (Å²) in [5, 5.41) is 10.7. The summed E-state index contributed by atoms with van der Waals surface area (Å²) in [6, 6.07) is 9.03. The molecule has 0 fully saturated rings. The first kappa shape index (κ1) is 22.3. The van der Waals surface area contributed by atoms with Crippen molar-refractivity contribution in [2.24, 2.45) is 0 Å². The molecule has 3 aromatic rings. The maximum atomic E-state index is 13.2. The van der Waals surface area contributed by atoms with Gasteiger partial charge in [-0.05, 0) is 42.8 Å². The number of aromatic nitrogens is 3. The lowest BCUT2D eigenvalue weighted by Gasteiger charge is -2.33. The SMILES string of the molecule is COc1ccc([C@@H]2Nn3c(C)nnc3S[C@H]2C(=O)Nc2cccc(C(F)(F)F)c2)cc1Cl. The van der Waals surface area contributed by atoms with E-state index in [1.165, 1.54) is 19.2 Å². The monoisotopic (exact) mass is 483 g/mol. The zero-order valence-corrected chi connectivity index (χ0v) is 18.3. The average Bonchev–Trinajstić information content (AvgIpc) is 3.12. The number of alkyl halides is 3. The summed E-state index contributed by atoms with van der Waals surface area (Å²) in [6.45, 7) is 1.76. The van der Waals surface area contributed by atoms with E-state index in [0.717, 1.165) is 23.9 Å². The summed E-state index contributed by atoms with van der Waals surface area (Å²) < 4.78 is 46.0. The molecule has 0 aliphatic carbocycles. The first-order chi connectivity index (χ1) is 15.2. The Hall–Kier alpha value is -2.92. The van der Waals surface area contributed by atoms with E-state index in [9.17, 15) is 18.0 Å². The fraction of sp³-hybridized carbons (Fsp3) is 0.250. The number of ether oxygens (including phenoxy) is 1. The molecule has 7 nitrogen and oxygen atoms in total. The van der Waals surface area contributed by atoms with Gasteiger partial charge in [0.05, 0.1) is 23.7 Å². The number of fused-ring (bicyclic) bond motifs is 1. The molecule has 0 spiro atoms. The van der Waals surface area contributed by atoms with Crippen LogP contribution in [0.25, 0.3) is 0 Å². The van der Waals surface area contributed by atoms with E-state index in [1.54, 1.807) is 29.8 Å². The second kappa shape index (κ2) is 8.55. The molecule has 32 heavy (non-hydrogen) atoms. The van der Waals surface area contributed by atoms with Crippen LogP contribution in [-0.4, -0.2) is 33.1 Å². The van der Waals surface area contributed by atoms with Gasteiger partial charge in [-0.15, -0.1) is 10.2 Å². The van der Waals surface area contributed by atoms with E-state index >= 15 is 0 Å². The minimum absolute atomic E-state index is 0.0418. The first-order valence-corrected chi connectivity index (χ1v) is 10.6. The number of aryl methyl sites for hydroxylation is 1. The van der Waals surface area contributed by atoms with E-state index in [1.807, 2.05) is 0 Å². The summed E-state index contributed by atoms with van der Waals surface area (Å²) in [6.07, 6.45) is -4.52. The minimum atomic E-state index is -4.52. The van der Waals surface area contributed by atoms with Gasteiger partial charge < -0.3 is 15.5 Å². The van der Waals surface area contributed by atoms with Gasteiger partial charge in [0.25, 0.3) is 0 Å². The summed E-state index contributed by atoms with van der Waals surface area (Å²) in [4.78, 5) is 13.2. The number of halogens is 4. The number of nitrogens with zero attached hydrogens (tertiary/aromatic N) is 3. The number of thioether (sulfide) groups is 1. The van der Waals surface area contributed by atoms with Crippen molar-refractivity contribution in [3.05, 3.63) is 64.4 Å². The number of hydrogen-bond donors (Lipinski definition) is 2. The Morgan fingerprint density at radius 3 is 2.72 bits per heavy atom. The number of amides is 1. The van der Waals surface area contributed by atoms with Gasteiger partial charge in [0, 0.05) is 5.69 Å². The highest BCUT2D eigenvalue weighted by Crippen LogP contribution is 2.39. The predicted octanol–water partition coefficient (Wildman–Crippen LogP) is 4.67. The Bertz CT molecular complexity index is 1170. The van der Waals surface area contributed by atoms with Crippen LogP contribution in [0.15, 0.2) is 47.6 Å². The van der Waals surface area contributed by atoms with Crippen LogP contribution in [0.2, 0.25) is 5.02 Å². The van der Waals surface area contributed by atoms with Gasteiger partial charge >= 0.3 is 6.18 Å².